The third-order valence-corrected chi connectivity index (χ3v) is 8.24. The van der Waals surface area contributed by atoms with E-state index in [4.69, 9.17) is 9.53 Å². The first kappa shape index (κ1) is 30.1. The van der Waals surface area contributed by atoms with Gasteiger partial charge >= 0.3 is 0 Å². The van der Waals surface area contributed by atoms with Crippen LogP contribution in [0, 0.1) is 0 Å². The highest BCUT2D eigenvalue weighted by Gasteiger charge is 2.20. The van der Waals surface area contributed by atoms with Gasteiger partial charge in [0.2, 0.25) is 10.0 Å². The van der Waals surface area contributed by atoms with Gasteiger partial charge in [0.15, 0.2) is 0 Å². The lowest BCUT2D eigenvalue weighted by Gasteiger charge is -2.36. The Kier molecular flexibility index (Phi) is 11.3. The van der Waals surface area contributed by atoms with Crippen molar-refractivity contribution in [3.05, 3.63) is 73.3 Å². The number of allylic oxidation sites excluding steroid dienone is 1. The van der Waals surface area contributed by atoms with Crippen molar-refractivity contribution in [1.29, 1.82) is 0 Å². The molecule has 1 N–H and O–H groups in total. The number of ether oxygens (including phenoxy) is 1. The Balaban J connectivity index is 0.000000983. The van der Waals surface area contributed by atoms with Crippen molar-refractivity contribution in [2.45, 2.75) is 17.7 Å². The molecule has 8 nitrogen and oxygen atoms in total. The molecular formula is C30H40N4O4S. The van der Waals surface area contributed by atoms with E-state index >= 15 is 0 Å². The van der Waals surface area contributed by atoms with Gasteiger partial charge in [0.05, 0.1) is 17.7 Å². The highest BCUT2D eigenvalue weighted by molar-refractivity contribution is 7.89. The van der Waals surface area contributed by atoms with Gasteiger partial charge in [0.25, 0.3) is 0 Å². The van der Waals surface area contributed by atoms with Gasteiger partial charge in [-0.3, -0.25) is 9.69 Å². The molecule has 0 spiro atoms. The lowest BCUT2D eigenvalue weighted by atomic mass is 10.1. The molecule has 3 aromatic carbocycles. The molecule has 3 aromatic rings. The van der Waals surface area contributed by atoms with Crippen LogP contribution >= 0.6 is 0 Å². The minimum atomic E-state index is -3.58. The Morgan fingerprint density at radius 2 is 1.62 bits per heavy atom. The zero-order valence-corrected chi connectivity index (χ0v) is 24.0. The monoisotopic (exact) mass is 552 g/mol. The van der Waals surface area contributed by atoms with Crippen LogP contribution in [0.1, 0.15) is 12.8 Å². The molecule has 0 radical (unpaired) electrons. The van der Waals surface area contributed by atoms with Crippen LogP contribution in [0.25, 0.3) is 10.8 Å². The first-order chi connectivity index (χ1) is 18.8. The Morgan fingerprint density at radius 3 is 2.28 bits per heavy atom. The van der Waals surface area contributed by atoms with Crippen molar-refractivity contribution >= 4 is 38.5 Å². The summed E-state index contributed by atoms with van der Waals surface area (Å²) in [7, 11) is 2.06. The van der Waals surface area contributed by atoms with Gasteiger partial charge in [-0.05, 0) is 49.7 Å². The number of sulfonamides is 1. The minimum absolute atomic E-state index is 0.339. The summed E-state index contributed by atoms with van der Waals surface area (Å²) in [5.41, 5.74) is 2.15. The van der Waals surface area contributed by atoms with Crippen LogP contribution in [0.4, 0.5) is 11.4 Å². The molecule has 1 saturated heterocycles. The molecular weight excluding hydrogens is 512 g/mol. The molecule has 0 amide bonds. The fourth-order valence-electron chi connectivity index (χ4n) is 4.74. The summed E-state index contributed by atoms with van der Waals surface area (Å²) in [5.74, 6) is 0.914. The SMILES string of the molecule is C=CC=O.COc1ccccc1N1CCN(CCCCNS(=O)(=O)c2cccc3c(N(C)C)cccc23)CC1. The van der Waals surface area contributed by atoms with Gasteiger partial charge in [0.1, 0.15) is 12.0 Å². The summed E-state index contributed by atoms with van der Waals surface area (Å²) in [6.07, 6.45) is 3.59. The molecule has 0 saturated carbocycles. The maximum Gasteiger partial charge on any atom is 0.241 e. The van der Waals surface area contributed by atoms with E-state index in [0.29, 0.717) is 17.7 Å². The molecule has 0 unspecified atom stereocenters. The number of benzene rings is 3. The molecule has 0 atom stereocenters. The number of nitrogens with zero attached hydrogens (tertiary/aromatic N) is 3. The molecule has 1 fully saturated rings. The van der Waals surface area contributed by atoms with Crippen LogP contribution in [-0.4, -0.2) is 80.1 Å². The summed E-state index contributed by atoms with van der Waals surface area (Å²) in [4.78, 5) is 16.2. The maximum absolute atomic E-state index is 13.1. The number of aldehydes is 1. The summed E-state index contributed by atoms with van der Waals surface area (Å²) in [6.45, 7) is 8.43. The Labute approximate surface area is 232 Å². The standard InChI is InChI=1S/C27H36N4O3S.C3H4O/c1-29(2)24-13-8-11-23-22(24)10-9-15-27(23)35(32,33)28-16-6-7-17-30-18-20-31(21-19-30)25-12-4-5-14-26(25)34-3;1-2-3-4/h4-5,8-15,28H,6-7,16-21H2,1-3H3;2-3H,1H2. The van der Waals surface area contributed by atoms with Gasteiger partial charge in [-0.15, -0.1) is 0 Å². The second kappa shape index (κ2) is 14.7. The zero-order valence-electron chi connectivity index (χ0n) is 23.2. The zero-order chi connectivity index (χ0) is 28.3. The lowest BCUT2D eigenvalue weighted by Crippen LogP contribution is -2.46. The number of anilines is 2. The molecule has 1 heterocycles. The summed E-state index contributed by atoms with van der Waals surface area (Å²) >= 11 is 0. The van der Waals surface area contributed by atoms with Crippen molar-refractivity contribution in [2.75, 3.05) is 70.3 Å². The number of rotatable bonds is 11. The summed E-state index contributed by atoms with van der Waals surface area (Å²) in [5, 5.41) is 1.69. The predicted octanol–water partition coefficient (Wildman–Crippen LogP) is 4.17. The summed E-state index contributed by atoms with van der Waals surface area (Å²) < 4.78 is 34.4. The molecule has 4 rings (SSSR count). The van der Waals surface area contributed by atoms with Crippen molar-refractivity contribution < 1.29 is 17.9 Å². The van der Waals surface area contributed by atoms with Crippen LogP contribution in [0.15, 0.2) is 78.2 Å². The lowest BCUT2D eigenvalue weighted by molar-refractivity contribution is -0.104. The third-order valence-electron chi connectivity index (χ3n) is 6.72. The molecule has 0 bridgehead atoms. The van der Waals surface area contributed by atoms with Gasteiger partial charge in [0, 0.05) is 63.3 Å². The van der Waals surface area contributed by atoms with E-state index in [0.717, 1.165) is 73.5 Å². The molecule has 0 aromatic heterocycles. The van der Waals surface area contributed by atoms with Crippen LogP contribution in [-0.2, 0) is 14.8 Å². The Hall–Kier alpha value is -3.40. The molecule has 39 heavy (non-hydrogen) atoms. The van der Waals surface area contributed by atoms with Crippen molar-refractivity contribution in [3.8, 4) is 5.75 Å². The molecule has 1 aliphatic heterocycles. The van der Waals surface area contributed by atoms with E-state index < -0.39 is 10.0 Å². The van der Waals surface area contributed by atoms with Gasteiger partial charge in [-0.2, -0.15) is 0 Å². The largest absolute Gasteiger partial charge is 0.495 e. The van der Waals surface area contributed by atoms with E-state index in [1.54, 1.807) is 13.2 Å². The highest BCUT2D eigenvalue weighted by atomic mass is 32.2. The van der Waals surface area contributed by atoms with Gasteiger partial charge < -0.3 is 14.5 Å². The first-order valence-electron chi connectivity index (χ1n) is 13.2. The second-order valence-corrected chi connectivity index (χ2v) is 11.2. The van der Waals surface area contributed by atoms with Crippen LogP contribution in [0.2, 0.25) is 0 Å². The van der Waals surface area contributed by atoms with E-state index in [1.165, 1.54) is 6.08 Å². The van der Waals surface area contributed by atoms with E-state index in [2.05, 4.69) is 27.2 Å². The highest BCUT2D eigenvalue weighted by Crippen LogP contribution is 2.30. The average Bonchev–Trinajstić information content (AvgIpc) is 2.96. The van der Waals surface area contributed by atoms with Crippen molar-refractivity contribution in [1.82, 2.24) is 9.62 Å². The van der Waals surface area contributed by atoms with E-state index in [-0.39, 0.29) is 0 Å². The molecule has 1 aliphatic rings. The second-order valence-electron chi connectivity index (χ2n) is 9.50. The fraction of sp³-hybridized carbons (Fsp3) is 0.367. The predicted molar refractivity (Wildman–Crippen MR) is 161 cm³/mol. The number of piperazine rings is 1. The number of nitrogens with one attached hydrogen (secondary N) is 1. The number of fused-ring (bicyclic) bond motifs is 1. The molecule has 210 valence electrons. The van der Waals surface area contributed by atoms with Gasteiger partial charge in [-0.1, -0.05) is 43.0 Å². The number of hydrogen-bond acceptors (Lipinski definition) is 7. The van der Waals surface area contributed by atoms with Crippen LogP contribution in [0.5, 0.6) is 5.75 Å². The normalized spacial score (nSPS) is 13.9. The number of unbranched alkanes of at least 4 members (excludes halogenated alkanes) is 1. The van der Waals surface area contributed by atoms with Crippen molar-refractivity contribution in [3.63, 3.8) is 0 Å². The fourth-order valence-corrected chi connectivity index (χ4v) is 6.03. The Bertz CT molecular complexity index is 1330. The van der Waals surface area contributed by atoms with Crippen molar-refractivity contribution in [2.24, 2.45) is 0 Å². The number of carbonyl (C=O) groups excluding carboxylic acids is 1. The van der Waals surface area contributed by atoms with Gasteiger partial charge in [-0.25, -0.2) is 13.1 Å². The smallest absolute Gasteiger partial charge is 0.241 e. The minimum Gasteiger partial charge on any atom is -0.495 e. The Morgan fingerprint density at radius 1 is 0.949 bits per heavy atom. The topological polar surface area (TPSA) is 82.2 Å². The first-order valence-corrected chi connectivity index (χ1v) is 14.7. The molecule has 0 aliphatic carbocycles. The quantitative estimate of drug-likeness (QED) is 0.217. The number of para-hydroxylation sites is 2. The average molecular weight is 553 g/mol. The maximum atomic E-state index is 13.1. The molecule has 9 heteroatoms. The summed E-state index contributed by atoms with van der Waals surface area (Å²) in [6, 6.07) is 19.4. The van der Waals surface area contributed by atoms with Crippen LogP contribution in [0.3, 0.4) is 0 Å². The van der Waals surface area contributed by atoms with Crippen LogP contribution < -0.4 is 19.3 Å². The van der Waals surface area contributed by atoms with E-state index in [1.807, 2.05) is 67.5 Å². The number of hydrogen-bond donors (Lipinski definition) is 1. The number of carbonyl (C=O) groups is 1. The van der Waals surface area contributed by atoms with E-state index in [9.17, 15) is 8.42 Å². The third kappa shape index (κ3) is 8.05. The number of methoxy groups -OCH3 is 1.